The predicted molar refractivity (Wildman–Crippen MR) is 96.9 cm³/mol. The summed E-state index contributed by atoms with van der Waals surface area (Å²) in [6.07, 6.45) is 1.15. The minimum Gasteiger partial charge on any atom is -0.309 e. The third-order valence-corrected chi connectivity index (χ3v) is 5.09. The summed E-state index contributed by atoms with van der Waals surface area (Å²) in [4.78, 5) is 1.31. The van der Waals surface area contributed by atoms with Gasteiger partial charge in [-0.15, -0.1) is 11.8 Å². The van der Waals surface area contributed by atoms with E-state index in [-0.39, 0.29) is 0 Å². The maximum atomic E-state index is 3.69. The molecule has 0 aliphatic carbocycles. The van der Waals surface area contributed by atoms with E-state index >= 15 is 0 Å². The van der Waals surface area contributed by atoms with Gasteiger partial charge in [-0.25, -0.2) is 0 Å². The van der Waals surface area contributed by atoms with Gasteiger partial charge in [0.25, 0.3) is 0 Å². The third-order valence-electron chi connectivity index (χ3n) is 3.38. The Morgan fingerprint density at radius 1 is 1.05 bits per heavy atom. The molecular formula is C18H22BrNS. The van der Waals surface area contributed by atoms with Crippen molar-refractivity contribution in [1.82, 2.24) is 5.32 Å². The minimum atomic E-state index is 0.375. The Morgan fingerprint density at radius 3 is 2.33 bits per heavy atom. The molecule has 0 fully saturated rings. The zero-order chi connectivity index (χ0) is 15.1. The second-order valence-corrected chi connectivity index (χ2v) is 7.49. The summed E-state index contributed by atoms with van der Waals surface area (Å²) >= 11 is 5.41. The molecule has 0 aliphatic rings. The molecule has 2 aromatic carbocycles. The van der Waals surface area contributed by atoms with Crippen LogP contribution in [0.1, 0.15) is 31.9 Å². The first-order valence-electron chi connectivity index (χ1n) is 7.41. The van der Waals surface area contributed by atoms with Gasteiger partial charge in [-0.1, -0.05) is 60.1 Å². The van der Waals surface area contributed by atoms with Gasteiger partial charge in [-0.2, -0.15) is 0 Å². The first kappa shape index (κ1) is 16.6. The molecule has 0 saturated carbocycles. The van der Waals surface area contributed by atoms with Crippen LogP contribution in [0, 0.1) is 0 Å². The van der Waals surface area contributed by atoms with E-state index in [1.54, 1.807) is 0 Å². The standard InChI is InChI=1S/C18H22BrNS/c1-3-13-20-18(15-7-5-4-6-8-15)14(2)21-17-11-9-16(19)10-12-17/h4-12,14,18,20H,3,13H2,1-2H3. The van der Waals surface area contributed by atoms with Crippen molar-refractivity contribution in [3.63, 3.8) is 0 Å². The predicted octanol–water partition coefficient (Wildman–Crippen LogP) is 5.67. The number of rotatable bonds is 7. The number of hydrogen-bond acceptors (Lipinski definition) is 2. The molecule has 0 heterocycles. The van der Waals surface area contributed by atoms with Crippen LogP contribution in [0.2, 0.25) is 0 Å². The maximum Gasteiger partial charge on any atom is 0.0441 e. The molecule has 0 saturated heterocycles. The third kappa shape index (κ3) is 5.17. The quantitative estimate of drug-likeness (QED) is 0.635. The highest BCUT2D eigenvalue weighted by molar-refractivity contribution is 9.10. The van der Waals surface area contributed by atoms with Crippen molar-refractivity contribution in [2.75, 3.05) is 6.54 Å². The van der Waals surface area contributed by atoms with Gasteiger partial charge in [0, 0.05) is 20.7 Å². The van der Waals surface area contributed by atoms with E-state index in [1.165, 1.54) is 10.5 Å². The van der Waals surface area contributed by atoms with Gasteiger partial charge in [0.05, 0.1) is 0 Å². The van der Waals surface area contributed by atoms with Gasteiger partial charge < -0.3 is 5.32 Å². The van der Waals surface area contributed by atoms with Crippen molar-refractivity contribution in [3.8, 4) is 0 Å². The molecule has 2 unspecified atom stereocenters. The number of benzene rings is 2. The Bertz CT molecular complexity index is 527. The molecule has 0 aliphatic heterocycles. The summed E-state index contributed by atoms with van der Waals surface area (Å²) in [7, 11) is 0. The largest absolute Gasteiger partial charge is 0.309 e. The number of nitrogens with one attached hydrogen (secondary N) is 1. The van der Waals surface area contributed by atoms with Crippen molar-refractivity contribution >= 4 is 27.7 Å². The number of hydrogen-bond donors (Lipinski definition) is 1. The summed E-state index contributed by atoms with van der Waals surface area (Å²) in [6, 6.07) is 19.7. The highest BCUT2D eigenvalue weighted by atomic mass is 79.9. The van der Waals surface area contributed by atoms with Crippen LogP contribution in [0.3, 0.4) is 0 Å². The molecule has 1 nitrogen and oxygen atoms in total. The van der Waals surface area contributed by atoms with Crippen molar-refractivity contribution < 1.29 is 0 Å². The Hall–Kier alpha value is -0.770. The highest BCUT2D eigenvalue weighted by Crippen LogP contribution is 2.32. The minimum absolute atomic E-state index is 0.375. The fraction of sp³-hybridized carbons (Fsp3) is 0.333. The summed E-state index contributed by atoms with van der Waals surface area (Å²) in [5, 5.41) is 4.16. The monoisotopic (exact) mass is 363 g/mol. The maximum absolute atomic E-state index is 3.69. The van der Waals surface area contributed by atoms with Crippen molar-refractivity contribution in [2.45, 2.75) is 36.5 Å². The lowest BCUT2D eigenvalue weighted by atomic mass is 10.0. The Kier molecular flexibility index (Phi) is 6.81. The molecule has 112 valence electrons. The topological polar surface area (TPSA) is 12.0 Å². The Labute approximate surface area is 140 Å². The Balaban J connectivity index is 2.10. The van der Waals surface area contributed by atoms with Gasteiger partial charge in [-0.05, 0) is 42.8 Å². The second-order valence-electron chi connectivity index (χ2n) is 5.12. The molecule has 0 bridgehead atoms. The van der Waals surface area contributed by atoms with Crippen LogP contribution in [0.5, 0.6) is 0 Å². The summed E-state index contributed by atoms with van der Waals surface area (Å²) in [5.74, 6) is 0. The summed E-state index contributed by atoms with van der Waals surface area (Å²) in [6.45, 7) is 5.55. The van der Waals surface area contributed by atoms with Gasteiger partial charge >= 0.3 is 0 Å². The first-order chi connectivity index (χ1) is 10.2. The van der Waals surface area contributed by atoms with E-state index in [9.17, 15) is 0 Å². The van der Waals surface area contributed by atoms with Crippen LogP contribution < -0.4 is 5.32 Å². The fourth-order valence-electron chi connectivity index (χ4n) is 2.31. The van der Waals surface area contributed by atoms with Crippen LogP contribution >= 0.6 is 27.7 Å². The summed E-state index contributed by atoms with van der Waals surface area (Å²) in [5.41, 5.74) is 1.36. The van der Waals surface area contributed by atoms with Gasteiger partial charge in [0.15, 0.2) is 0 Å². The first-order valence-corrected chi connectivity index (χ1v) is 9.08. The van der Waals surface area contributed by atoms with E-state index in [4.69, 9.17) is 0 Å². The van der Waals surface area contributed by atoms with E-state index in [1.807, 2.05) is 11.8 Å². The van der Waals surface area contributed by atoms with E-state index < -0.39 is 0 Å². The van der Waals surface area contributed by atoms with Crippen LogP contribution in [0.25, 0.3) is 0 Å². The summed E-state index contributed by atoms with van der Waals surface area (Å²) < 4.78 is 1.13. The molecule has 0 spiro atoms. The zero-order valence-corrected chi connectivity index (χ0v) is 15.0. The molecule has 21 heavy (non-hydrogen) atoms. The highest BCUT2D eigenvalue weighted by Gasteiger charge is 2.19. The van der Waals surface area contributed by atoms with Crippen LogP contribution in [-0.2, 0) is 0 Å². The molecule has 0 amide bonds. The lowest BCUT2D eigenvalue weighted by Gasteiger charge is -2.25. The zero-order valence-electron chi connectivity index (χ0n) is 12.6. The van der Waals surface area contributed by atoms with Gasteiger partial charge in [0.2, 0.25) is 0 Å². The van der Waals surface area contributed by atoms with Crippen molar-refractivity contribution in [2.24, 2.45) is 0 Å². The van der Waals surface area contributed by atoms with E-state index in [0.29, 0.717) is 11.3 Å². The van der Waals surface area contributed by atoms with Gasteiger partial charge in [0.1, 0.15) is 0 Å². The molecule has 0 radical (unpaired) electrons. The van der Waals surface area contributed by atoms with Gasteiger partial charge in [-0.3, -0.25) is 0 Å². The van der Waals surface area contributed by atoms with Crippen LogP contribution in [0.4, 0.5) is 0 Å². The average Bonchev–Trinajstić information content (AvgIpc) is 2.51. The Morgan fingerprint density at radius 2 is 1.71 bits per heavy atom. The average molecular weight is 364 g/mol. The molecule has 0 aromatic heterocycles. The molecular weight excluding hydrogens is 342 g/mol. The fourth-order valence-corrected chi connectivity index (χ4v) is 3.69. The van der Waals surface area contributed by atoms with Crippen molar-refractivity contribution in [3.05, 3.63) is 64.6 Å². The molecule has 2 aromatic rings. The van der Waals surface area contributed by atoms with Crippen LogP contribution in [-0.4, -0.2) is 11.8 Å². The molecule has 2 atom stereocenters. The normalized spacial score (nSPS) is 13.9. The van der Waals surface area contributed by atoms with E-state index in [2.05, 4.69) is 89.7 Å². The lowest BCUT2D eigenvalue weighted by Crippen LogP contribution is -2.29. The number of halogens is 1. The van der Waals surface area contributed by atoms with E-state index in [0.717, 1.165) is 17.4 Å². The molecule has 2 rings (SSSR count). The second kappa shape index (κ2) is 8.62. The number of thioether (sulfide) groups is 1. The molecule has 3 heteroatoms. The SMILES string of the molecule is CCCNC(c1ccccc1)C(C)Sc1ccc(Br)cc1. The van der Waals surface area contributed by atoms with Crippen molar-refractivity contribution in [1.29, 1.82) is 0 Å². The molecule has 1 N–H and O–H groups in total. The smallest absolute Gasteiger partial charge is 0.0441 e. The lowest BCUT2D eigenvalue weighted by molar-refractivity contribution is 0.528. The van der Waals surface area contributed by atoms with Crippen LogP contribution in [0.15, 0.2) is 64.0 Å².